The van der Waals surface area contributed by atoms with Crippen LogP contribution in [0.5, 0.6) is 0 Å². The number of hydrogen-bond donors (Lipinski definition) is 1. The SMILES string of the molecule is Cc1nccnc1N1CCN(CCCN)CC1. The quantitative estimate of drug-likeness (QED) is 0.811. The number of nitrogens with zero attached hydrogens (tertiary/aromatic N) is 4. The third kappa shape index (κ3) is 3.14. The van der Waals surface area contributed by atoms with Crippen molar-refractivity contribution < 1.29 is 0 Å². The van der Waals surface area contributed by atoms with E-state index in [4.69, 9.17) is 5.73 Å². The summed E-state index contributed by atoms with van der Waals surface area (Å²) in [6.45, 7) is 8.16. The van der Waals surface area contributed by atoms with Crippen molar-refractivity contribution >= 4 is 5.82 Å². The Morgan fingerprint density at radius 1 is 1.18 bits per heavy atom. The van der Waals surface area contributed by atoms with Crippen LogP contribution in [0.4, 0.5) is 5.82 Å². The van der Waals surface area contributed by atoms with Crippen LogP contribution in [0.3, 0.4) is 0 Å². The lowest BCUT2D eigenvalue weighted by atomic mass is 10.2. The van der Waals surface area contributed by atoms with Crippen molar-refractivity contribution in [1.29, 1.82) is 0 Å². The Morgan fingerprint density at radius 2 is 1.88 bits per heavy atom. The lowest BCUT2D eigenvalue weighted by Gasteiger charge is -2.35. The second-order valence-electron chi connectivity index (χ2n) is 4.44. The van der Waals surface area contributed by atoms with Crippen molar-refractivity contribution in [3.63, 3.8) is 0 Å². The zero-order valence-corrected chi connectivity index (χ0v) is 10.5. The Hall–Kier alpha value is -1.20. The fourth-order valence-electron chi connectivity index (χ4n) is 2.21. The molecule has 0 aliphatic carbocycles. The third-order valence-corrected chi connectivity index (χ3v) is 3.21. The van der Waals surface area contributed by atoms with Gasteiger partial charge in [-0.3, -0.25) is 9.88 Å². The van der Waals surface area contributed by atoms with Crippen molar-refractivity contribution in [2.24, 2.45) is 5.73 Å². The molecule has 1 fully saturated rings. The van der Waals surface area contributed by atoms with Gasteiger partial charge in [0.25, 0.3) is 0 Å². The maximum atomic E-state index is 5.53. The van der Waals surface area contributed by atoms with E-state index in [1.807, 2.05) is 6.92 Å². The van der Waals surface area contributed by atoms with Gasteiger partial charge >= 0.3 is 0 Å². The molecule has 0 unspecified atom stereocenters. The highest BCUT2D eigenvalue weighted by Crippen LogP contribution is 2.15. The van der Waals surface area contributed by atoms with E-state index in [1.165, 1.54) is 0 Å². The summed E-state index contributed by atoms with van der Waals surface area (Å²) in [5.41, 5.74) is 6.55. The molecule has 5 nitrogen and oxygen atoms in total. The number of rotatable bonds is 4. The molecule has 0 spiro atoms. The van der Waals surface area contributed by atoms with Gasteiger partial charge in [-0.1, -0.05) is 0 Å². The number of nitrogens with two attached hydrogens (primary N) is 1. The molecule has 1 aromatic rings. The van der Waals surface area contributed by atoms with Gasteiger partial charge in [0, 0.05) is 38.6 Å². The highest BCUT2D eigenvalue weighted by molar-refractivity contribution is 5.42. The number of aryl methyl sites for hydroxylation is 1. The van der Waals surface area contributed by atoms with Crippen LogP contribution in [0.2, 0.25) is 0 Å². The van der Waals surface area contributed by atoms with E-state index in [0.717, 1.165) is 57.2 Å². The second kappa shape index (κ2) is 5.93. The van der Waals surface area contributed by atoms with Gasteiger partial charge in [0.05, 0.1) is 5.69 Å². The van der Waals surface area contributed by atoms with Gasteiger partial charge in [0.15, 0.2) is 0 Å². The first kappa shape index (κ1) is 12.3. The Labute approximate surface area is 103 Å². The molecule has 2 rings (SSSR count). The number of piperazine rings is 1. The molecule has 2 N–H and O–H groups in total. The van der Waals surface area contributed by atoms with Crippen molar-refractivity contribution in [3.8, 4) is 0 Å². The number of hydrogen-bond acceptors (Lipinski definition) is 5. The molecule has 17 heavy (non-hydrogen) atoms. The molecule has 5 heteroatoms. The zero-order valence-electron chi connectivity index (χ0n) is 10.5. The largest absolute Gasteiger partial charge is 0.353 e. The lowest BCUT2D eigenvalue weighted by molar-refractivity contribution is 0.255. The predicted octanol–water partition coefficient (Wildman–Crippen LogP) is 0.256. The van der Waals surface area contributed by atoms with Gasteiger partial charge in [-0.25, -0.2) is 4.98 Å². The first-order chi connectivity index (χ1) is 8.31. The van der Waals surface area contributed by atoms with E-state index in [0.29, 0.717) is 0 Å². The van der Waals surface area contributed by atoms with E-state index in [9.17, 15) is 0 Å². The normalized spacial score (nSPS) is 17.4. The molecular formula is C12H21N5. The summed E-state index contributed by atoms with van der Waals surface area (Å²) in [5, 5.41) is 0. The van der Waals surface area contributed by atoms with Gasteiger partial charge in [-0.05, 0) is 26.4 Å². The smallest absolute Gasteiger partial charge is 0.150 e. The van der Waals surface area contributed by atoms with Gasteiger partial charge in [-0.2, -0.15) is 0 Å². The molecule has 94 valence electrons. The molecule has 0 radical (unpaired) electrons. The minimum atomic E-state index is 0.781. The van der Waals surface area contributed by atoms with Crippen LogP contribution in [0.25, 0.3) is 0 Å². The molecule has 2 heterocycles. The lowest BCUT2D eigenvalue weighted by Crippen LogP contribution is -2.47. The zero-order chi connectivity index (χ0) is 12.1. The molecule has 1 aliphatic rings. The van der Waals surface area contributed by atoms with Gasteiger partial charge in [0.1, 0.15) is 5.82 Å². The van der Waals surface area contributed by atoms with E-state index in [1.54, 1.807) is 12.4 Å². The summed E-state index contributed by atoms with van der Waals surface area (Å²) in [4.78, 5) is 13.5. The Morgan fingerprint density at radius 3 is 2.53 bits per heavy atom. The van der Waals surface area contributed by atoms with Crippen LogP contribution in [0.15, 0.2) is 12.4 Å². The minimum absolute atomic E-state index is 0.781. The molecule has 0 atom stereocenters. The maximum absolute atomic E-state index is 5.53. The van der Waals surface area contributed by atoms with Crippen LogP contribution in [0, 0.1) is 6.92 Å². The number of aromatic nitrogens is 2. The van der Waals surface area contributed by atoms with Crippen molar-refractivity contribution in [2.45, 2.75) is 13.3 Å². The van der Waals surface area contributed by atoms with E-state index < -0.39 is 0 Å². The second-order valence-corrected chi connectivity index (χ2v) is 4.44. The Balaban J connectivity index is 1.89. The molecule has 0 aromatic carbocycles. The fourth-order valence-corrected chi connectivity index (χ4v) is 2.21. The first-order valence-electron chi connectivity index (χ1n) is 6.26. The predicted molar refractivity (Wildman–Crippen MR) is 69.1 cm³/mol. The van der Waals surface area contributed by atoms with E-state index in [-0.39, 0.29) is 0 Å². The highest BCUT2D eigenvalue weighted by atomic mass is 15.3. The average molecular weight is 235 g/mol. The summed E-state index contributed by atoms with van der Waals surface area (Å²) in [6, 6.07) is 0. The standard InChI is InChI=1S/C12H21N5/c1-11-12(15-5-4-14-11)17-9-7-16(8-10-17)6-2-3-13/h4-5H,2-3,6-10,13H2,1H3. The number of anilines is 1. The molecular weight excluding hydrogens is 214 g/mol. The summed E-state index contributed by atoms with van der Waals surface area (Å²) in [7, 11) is 0. The van der Waals surface area contributed by atoms with E-state index in [2.05, 4.69) is 19.8 Å². The molecule has 0 bridgehead atoms. The summed E-state index contributed by atoms with van der Waals surface area (Å²) in [5.74, 6) is 1.03. The highest BCUT2D eigenvalue weighted by Gasteiger charge is 2.18. The molecule has 1 aliphatic heterocycles. The van der Waals surface area contributed by atoms with Crippen molar-refractivity contribution in [1.82, 2.24) is 14.9 Å². The van der Waals surface area contributed by atoms with Crippen LogP contribution < -0.4 is 10.6 Å². The van der Waals surface area contributed by atoms with E-state index >= 15 is 0 Å². The minimum Gasteiger partial charge on any atom is -0.353 e. The summed E-state index contributed by atoms with van der Waals surface area (Å²) >= 11 is 0. The van der Waals surface area contributed by atoms with Gasteiger partial charge < -0.3 is 10.6 Å². The maximum Gasteiger partial charge on any atom is 0.150 e. The van der Waals surface area contributed by atoms with Crippen LogP contribution >= 0.6 is 0 Å². The van der Waals surface area contributed by atoms with Crippen LogP contribution in [-0.4, -0.2) is 54.1 Å². The summed E-state index contributed by atoms with van der Waals surface area (Å²) < 4.78 is 0. The average Bonchev–Trinajstić information content (AvgIpc) is 2.38. The fraction of sp³-hybridized carbons (Fsp3) is 0.667. The molecule has 0 saturated carbocycles. The van der Waals surface area contributed by atoms with Crippen LogP contribution in [0.1, 0.15) is 12.1 Å². The first-order valence-corrected chi connectivity index (χ1v) is 6.26. The summed E-state index contributed by atoms with van der Waals surface area (Å²) in [6.07, 6.45) is 4.60. The van der Waals surface area contributed by atoms with Gasteiger partial charge in [0.2, 0.25) is 0 Å². The third-order valence-electron chi connectivity index (χ3n) is 3.21. The topological polar surface area (TPSA) is 58.3 Å². The Kier molecular flexibility index (Phi) is 4.28. The van der Waals surface area contributed by atoms with Crippen molar-refractivity contribution in [3.05, 3.63) is 18.1 Å². The monoisotopic (exact) mass is 235 g/mol. The van der Waals surface area contributed by atoms with Crippen molar-refractivity contribution in [2.75, 3.05) is 44.2 Å². The van der Waals surface area contributed by atoms with Gasteiger partial charge in [-0.15, -0.1) is 0 Å². The molecule has 1 aromatic heterocycles. The molecule has 1 saturated heterocycles. The molecule has 0 amide bonds. The Bertz CT molecular complexity index is 347. The van der Waals surface area contributed by atoms with Crippen LogP contribution in [-0.2, 0) is 0 Å².